The van der Waals surface area contributed by atoms with E-state index in [0.29, 0.717) is 6.42 Å². The molecule has 0 bridgehead atoms. The predicted octanol–water partition coefficient (Wildman–Crippen LogP) is 0.389. The van der Waals surface area contributed by atoms with Crippen LogP contribution in [0, 0.1) is 11.8 Å². The number of alkyl halides is 1. The number of rotatable bonds is 3. The summed E-state index contributed by atoms with van der Waals surface area (Å²) in [6, 6.07) is 0. The Hall–Kier alpha value is -0.160. The molecule has 0 aromatic heterocycles. The van der Waals surface area contributed by atoms with Crippen LogP contribution < -0.4 is 0 Å². The van der Waals surface area contributed by atoms with Crippen LogP contribution in [0.25, 0.3) is 0 Å². The lowest BCUT2D eigenvalue weighted by atomic mass is 9.89. The summed E-state index contributed by atoms with van der Waals surface area (Å²) in [6.45, 7) is -0.531. The molecule has 2 atom stereocenters. The third kappa shape index (κ3) is 2.91. The summed E-state index contributed by atoms with van der Waals surface area (Å²) in [7, 11) is -2.97. The Morgan fingerprint density at radius 3 is 2.62 bits per heavy atom. The summed E-state index contributed by atoms with van der Waals surface area (Å²) in [4.78, 5) is 0. The first-order valence-electron chi connectivity index (χ1n) is 4.46. The number of sulfone groups is 1. The van der Waals surface area contributed by atoms with Gasteiger partial charge in [-0.15, -0.1) is 0 Å². The van der Waals surface area contributed by atoms with Crippen molar-refractivity contribution in [2.75, 3.05) is 24.8 Å². The van der Waals surface area contributed by atoms with Crippen molar-refractivity contribution in [3.05, 3.63) is 0 Å². The minimum absolute atomic E-state index is 0.0276. The van der Waals surface area contributed by atoms with Crippen LogP contribution in [0.5, 0.6) is 0 Å². The van der Waals surface area contributed by atoms with Crippen molar-refractivity contribution in [2.45, 2.75) is 12.8 Å². The molecule has 78 valence electrons. The van der Waals surface area contributed by atoms with E-state index >= 15 is 0 Å². The van der Waals surface area contributed by atoms with Crippen molar-refractivity contribution < 1.29 is 17.9 Å². The van der Waals surface area contributed by atoms with E-state index in [1.54, 1.807) is 0 Å². The summed E-state index contributed by atoms with van der Waals surface area (Å²) < 4.78 is 34.4. The maximum Gasteiger partial charge on any atom is 0.150 e. The number of hydrogen-bond donors (Lipinski definition) is 1. The lowest BCUT2D eigenvalue weighted by molar-refractivity contribution is 0.164. The Bertz CT molecular complexity index is 250. The zero-order valence-corrected chi connectivity index (χ0v) is 8.26. The van der Waals surface area contributed by atoms with E-state index in [-0.39, 0.29) is 36.4 Å². The first-order chi connectivity index (χ1) is 6.09. The van der Waals surface area contributed by atoms with Gasteiger partial charge in [-0.2, -0.15) is 0 Å². The summed E-state index contributed by atoms with van der Waals surface area (Å²) in [5, 5.41) is 8.94. The van der Waals surface area contributed by atoms with Crippen LogP contribution in [0.3, 0.4) is 0 Å². The Kier molecular flexibility index (Phi) is 3.67. The van der Waals surface area contributed by atoms with Crippen molar-refractivity contribution in [3.8, 4) is 0 Å². The van der Waals surface area contributed by atoms with Gasteiger partial charge in [-0.3, -0.25) is 4.39 Å². The molecule has 1 saturated heterocycles. The molecule has 0 spiro atoms. The molecule has 13 heavy (non-hydrogen) atoms. The molecule has 1 aliphatic heterocycles. The molecule has 0 saturated carbocycles. The van der Waals surface area contributed by atoms with Crippen LogP contribution in [0.1, 0.15) is 12.8 Å². The predicted molar refractivity (Wildman–Crippen MR) is 47.9 cm³/mol. The van der Waals surface area contributed by atoms with E-state index in [0.717, 1.165) is 0 Å². The molecule has 0 aromatic carbocycles. The number of hydrogen-bond acceptors (Lipinski definition) is 3. The first-order valence-corrected chi connectivity index (χ1v) is 6.28. The summed E-state index contributed by atoms with van der Waals surface area (Å²) in [5.41, 5.74) is 0. The van der Waals surface area contributed by atoms with Crippen LogP contribution in [0.4, 0.5) is 4.39 Å². The van der Waals surface area contributed by atoms with Gasteiger partial charge in [0.05, 0.1) is 18.2 Å². The minimum Gasteiger partial charge on any atom is -0.396 e. The molecule has 1 fully saturated rings. The maximum atomic E-state index is 12.1. The van der Waals surface area contributed by atoms with Gasteiger partial charge in [0.25, 0.3) is 0 Å². The number of halogens is 1. The van der Waals surface area contributed by atoms with Gasteiger partial charge in [-0.25, -0.2) is 8.42 Å². The monoisotopic (exact) mass is 210 g/mol. The minimum atomic E-state index is -2.97. The Morgan fingerprint density at radius 1 is 1.38 bits per heavy atom. The van der Waals surface area contributed by atoms with Crippen LogP contribution in [0.15, 0.2) is 0 Å². The van der Waals surface area contributed by atoms with E-state index in [1.165, 1.54) is 0 Å². The molecule has 2 unspecified atom stereocenters. The molecule has 1 rings (SSSR count). The molecule has 0 amide bonds. The second kappa shape index (κ2) is 4.37. The quantitative estimate of drug-likeness (QED) is 0.733. The zero-order chi connectivity index (χ0) is 9.90. The fourth-order valence-electron chi connectivity index (χ4n) is 1.81. The fraction of sp³-hybridized carbons (Fsp3) is 1.00. The molecule has 5 heteroatoms. The van der Waals surface area contributed by atoms with Crippen molar-refractivity contribution in [3.63, 3.8) is 0 Å². The zero-order valence-electron chi connectivity index (χ0n) is 7.45. The first kappa shape index (κ1) is 10.9. The highest BCUT2D eigenvalue weighted by atomic mass is 32.2. The van der Waals surface area contributed by atoms with Gasteiger partial charge in [0.1, 0.15) is 0 Å². The second-order valence-corrected chi connectivity index (χ2v) is 5.81. The van der Waals surface area contributed by atoms with Crippen molar-refractivity contribution in [2.24, 2.45) is 11.8 Å². The van der Waals surface area contributed by atoms with Gasteiger partial charge < -0.3 is 5.11 Å². The Morgan fingerprint density at radius 2 is 2.08 bits per heavy atom. The molecule has 1 N–H and O–H groups in total. The third-order valence-electron chi connectivity index (χ3n) is 2.65. The lowest BCUT2D eigenvalue weighted by Gasteiger charge is -2.29. The van der Waals surface area contributed by atoms with Gasteiger partial charge in [0, 0.05) is 6.61 Å². The summed E-state index contributed by atoms with van der Waals surface area (Å²) >= 11 is 0. The van der Waals surface area contributed by atoms with E-state index < -0.39 is 16.5 Å². The molecule has 3 nitrogen and oxygen atoms in total. The van der Waals surface area contributed by atoms with Gasteiger partial charge in [0.15, 0.2) is 9.84 Å². The summed E-state index contributed by atoms with van der Waals surface area (Å²) in [5.74, 6) is -0.0311. The van der Waals surface area contributed by atoms with E-state index in [9.17, 15) is 12.8 Å². The van der Waals surface area contributed by atoms with Crippen LogP contribution >= 0.6 is 0 Å². The third-order valence-corrected chi connectivity index (χ3v) is 4.44. The molecular weight excluding hydrogens is 195 g/mol. The number of aliphatic hydroxyl groups is 1. The normalized spacial score (nSPS) is 33.1. The van der Waals surface area contributed by atoms with Gasteiger partial charge in [-0.1, -0.05) is 0 Å². The molecule has 1 heterocycles. The van der Waals surface area contributed by atoms with Crippen LogP contribution in [-0.2, 0) is 9.84 Å². The number of aliphatic hydroxyl groups excluding tert-OH is 1. The van der Waals surface area contributed by atoms with E-state index in [1.807, 2.05) is 0 Å². The average Bonchev–Trinajstić information content (AvgIpc) is 2.04. The second-order valence-electron chi connectivity index (χ2n) is 3.58. The highest BCUT2D eigenvalue weighted by molar-refractivity contribution is 7.91. The Balaban J connectivity index is 2.63. The van der Waals surface area contributed by atoms with Crippen molar-refractivity contribution >= 4 is 9.84 Å². The Labute approximate surface area is 77.9 Å². The van der Waals surface area contributed by atoms with Gasteiger partial charge >= 0.3 is 0 Å². The smallest absolute Gasteiger partial charge is 0.150 e. The molecule has 0 radical (unpaired) electrons. The SMILES string of the molecule is O=S1(=O)CCC(CO)C(CCF)C1. The topological polar surface area (TPSA) is 54.4 Å². The van der Waals surface area contributed by atoms with Crippen LogP contribution in [-0.4, -0.2) is 38.3 Å². The van der Waals surface area contributed by atoms with Gasteiger partial charge in [-0.05, 0) is 24.7 Å². The average molecular weight is 210 g/mol. The molecular formula is C8H15FO3S. The lowest BCUT2D eigenvalue weighted by Crippen LogP contribution is -2.34. The highest BCUT2D eigenvalue weighted by Crippen LogP contribution is 2.27. The van der Waals surface area contributed by atoms with E-state index in [4.69, 9.17) is 5.11 Å². The standard InChI is InChI=1S/C8H15FO3S/c9-3-1-8-6-13(11,12)4-2-7(8)5-10/h7-8,10H,1-6H2. The molecule has 0 aliphatic carbocycles. The van der Waals surface area contributed by atoms with Crippen LogP contribution in [0.2, 0.25) is 0 Å². The van der Waals surface area contributed by atoms with Crippen molar-refractivity contribution in [1.29, 1.82) is 0 Å². The maximum absolute atomic E-state index is 12.1. The summed E-state index contributed by atoms with van der Waals surface area (Å²) in [6.07, 6.45) is 0.730. The largest absolute Gasteiger partial charge is 0.396 e. The highest BCUT2D eigenvalue weighted by Gasteiger charge is 2.32. The van der Waals surface area contributed by atoms with Gasteiger partial charge in [0.2, 0.25) is 0 Å². The molecule has 0 aromatic rings. The van der Waals surface area contributed by atoms with E-state index in [2.05, 4.69) is 0 Å². The fourth-order valence-corrected chi connectivity index (χ4v) is 3.73. The van der Waals surface area contributed by atoms with Crippen molar-refractivity contribution in [1.82, 2.24) is 0 Å². The molecule has 1 aliphatic rings.